The van der Waals surface area contributed by atoms with Gasteiger partial charge in [-0.1, -0.05) is 13.3 Å². The first-order chi connectivity index (χ1) is 8.54. The Morgan fingerprint density at radius 1 is 1.44 bits per heavy atom. The van der Waals surface area contributed by atoms with E-state index >= 15 is 0 Å². The first kappa shape index (κ1) is 14.7. The van der Waals surface area contributed by atoms with Gasteiger partial charge in [0.2, 0.25) is 0 Å². The summed E-state index contributed by atoms with van der Waals surface area (Å²) in [6.45, 7) is 8.80. The van der Waals surface area contributed by atoms with E-state index in [4.69, 9.17) is 16.6 Å². The molecule has 0 saturated heterocycles. The molecule has 18 heavy (non-hydrogen) atoms. The lowest BCUT2D eigenvalue weighted by Crippen LogP contribution is -2.33. The van der Waals surface area contributed by atoms with Crippen LogP contribution in [0.2, 0.25) is 0 Å². The van der Waals surface area contributed by atoms with Crippen LogP contribution in [-0.2, 0) is 0 Å². The van der Waals surface area contributed by atoms with E-state index in [1.165, 1.54) is 0 Å². The van der Waals surface area contributed by atoms with E-state index in [1.807, 2.05) is 26.8 Å². The lowest BCUT2D eigenvalue weighted by molar-refractivity contribution is 0.504. The summed E-state index contributed by atoms with van der Waals surface area (Å²) in [4.78, 5) is 0. The topological polar surface area (TPSA) is 49.6 Å². The maximum absolute atomic E-state index is 5.46. The number of nitrogens with one attached hydrogen (secondary N) is 2. The van der Waals surface area contributed by atoms with Gasteiger partial charge in [0.25, 0.3) is 0 Å². The molecule has 0 aliphatic heterocycles. The van der Waals surface area contributed by atoms with Gasteiger partial charge in [-0.05, 0) is 45.5 Å². The van der Waals surface area contributed by atoms with Gasteiger partial charge in [0.05, 0.1) is 5.71 Å². The van der Waals surface area contributed by atoms with Crippen LogP contribution in [0, 0.1) is 13.8 Å². The number of rotatable bonds is 5. The fourth-order valence-electron chi connectivity index (χ4n) is 1.60. The molecular weight excluding hydrogens is 246 g/mol. The second kappa shape index (κ2) is 7.16. The second-order valence-corrected chi connectivity index (χ2v) is 4.65. The van der Waals surface area contributed by atoms with E-state index in [-0.39, 0.29) is 0 Å². The molecule has 0 bridgehead atoms. The number of thiocarbonyl (C=S) groups is 1. The number of hydrazone groups is 1. The lowest BCUT2D eigenvalue weighted by Gasteiger charge is -2.06. The van der Waals surface area contributed by atoms with Crippen LogP contribution in [-0.4, -0.2) is 17.4 Å². The summed E-state index contributed by atoms with van der Waals surface area (Å²) in [5.74, 6) is 1.76. The van der Waals surface area contributed by atoms with E-state index < -0.39 is 0 Å². The summed E-state index contributed by atoms with van der Waals surface area (Å²) in [7, 11) is 0. The molecule has 0 aromatic carbocycles. The van der Waals surface area contributed by atoms with Gasteiger partial charge in [-0.3, -0.25) is 5.43 Å². The standard InChI is InChI=1S/C13H21N3OS/c1-5-6-7-14-13(18)16-15-10(3)12-8-9(2)17-11(12)4/h8H,5-7H2,1-4H3,(H2,14,16,18)/b15-10-. The van der Waals surface area contributed by atoms with Gasteiger partial charge in [-0.25, -0.2) is 0 Å². The number of furan rings is 1. The van der Waals surface area contributed by atoms with Crippen molar-refractivity contribution < 1.29 is 4.42 Å². The maximum Gasteiger partial charge on any atom is 0.186 e. The average molecular weight is 267 g/mol. The SMILES string of the molecule is CCCCNC(=S)N/N=C(/C)c1cc(C)oc1C. The molecule has 2 N–H and O–H groups in total. The number of hydrogen-bond donors (Lipinski definition) is 2. The molecule has 4 nitrogen and oxygen atoms in total. The molecule has 0 aliphatic rings. The van der Waals surface area contributed by atoms with Crippen molar-refractivity contribution in [3.63, 3.8) is 0 Å². The third kappa shape index (κ3) is 4.49. The van der Waals surface area contributed by atoms with Gasteiger partial charge >= 0.3 is 0 Å². The predicted octanol–water partition coefficient (Wildman–Crippen LogP) is 2.88. The summed E-state index contributed by atoms with van der Waals surface area (Å²) in [5, 5.41) is 7.91. The molecule has 0 fully saturated rings. The molecular formula is C13H21N3OS. The summed E-state index contributed by atoms with van der Waals surface area (Å²) in [5.41, 5.74) is 4.72. The molecule has 0 aliphatic carbocycles. The van der Waals surface area contributed by atoms with Gasteiger partial charge in [0.1, 0.15) is 11.5 Å². The Morgan fingerprint density at radius 2 is 2.17 bits per heavy atom. The van der Waals surface area contributed by atoms with E-state index in [2.05, 4.69) is 22.8 Å². The smallest absolute Gasteiger partial charge is 0.186 e. The van der Waals surface area contributed by atoms with Crippen molar-refractivity contribution in [2.24, 2.45) is 5.10 Å². The highest BCUT2D eigenvalue weighted by molar-refractivity contribution is 7.80. The third-order valence-electron chi connectivity index (χ3n) is 2.57. The third-order valence-corrected chi connectivity index (χ3v) is 2.81. The summed E-state index contributed by atoms with van der Waals surface area (Å²) < 4.78 is 5.46. The van der Waals surface area contributed by atoms with Crippen molar-refractivity contribution in [1.82, 2.24) is 10.7 Å². The van der Waals surface area contributed by atoms with Gasteiger partial charge in [0.15, 0.2) is 5.11 Å². The Labute approximate surface area is 114 Å². The van der Waals surface area contributed by atoms with Gasteiger partial charge in [0, 0.05) is 12.1 Å². The zero-order valence-corrected chi connectivity index (χ0v) is 12.3. The van der Waals surface area contributed by atoms with Crippen LogP contribution >= 0.6 is 12.2 Å². The predicted molar refractivity (Wildman–Crippen MR) is 79.0 cm³/mol. The molecule has 0 unspecified atom stereocenters. The zero-order valence-electron chi connectivity index (χ0n) is 11.5. The minimum absolute atomic E-state index is 0.556. The number of aryl methyl sites for hydroxylation is 2. The highest BCUT2D eigenvalue weighted by atomic mass is 32.1. The molecule has 0 radical (unpaired) electrons. The van der Waals surface area contributed by atoms with Gasteiger partial charge in [-0.15, -0.1) is 0 Å². The van der Waals surface area contributed by atoms with Crippen molar-refractivity contribution in [1.29, 1.82) is 0 Å². The molecule has 5 heteroatoms. The molecule has 0 amide bonds. The molecule has 0 spiro atoms. The van der Waals surface area contributed by atoms with Crippen molar-refractivity contribution in [3.8, 4) is 0 Å². The summed E-state index contributed by atoms with van der Waals surface area (Å²) >= 11 is 5.12. The Bertz CT molecular complexity index is 437. The molecule has 0 saturated carbocycles. The molecule has 1 aromatic rings. The summed E-state index contributed by atoms with van der Waals surface area (Å²) in [6, 6.07) is 1.98. The Balaban J connectivity index is 2.51. The van der Waals surface area contributed by atoms with E-state index in [9.17, 15) is 0 Å². The van der Waals surface area contributed by atoms with Gasteiger partial charge < -0.3 is 9.73 Å². The fourth-order valence-corrected chi connectivity index (χ4v) is 1.75. The molecule has 1 rings (SSSR count). The molecule has 1 aromatic heterocycles. The normalized spacial score (nSPS) is 11.4. The quantitative estimate of drug-likeness (QED) is 0.373. The van der Waals surface area contributed by atoms with Crippen molar-refractivity contribution in [3.05, 3.63) is 23.2 Å². The van der Waals surface area contributed by atoms with Crippen LogP contribution in [0.25, 0.3) is 0 Å². The van der Waals surface area contributed by atoms with Crippen molar-refractivity contribution in [2.75, 3.05) is 6.54 Å². The van der Waals surface area contributed by atoms with E-state index in [0.29, 0.717) is 5.11 Å². The molecule has 0 atom stereocenters. The first-order valence-electron chi connectivity index (χ1n) is 6.20. The van der Waals surface area contributed by atoms with Crippen LogP contribution in [0.1, 0.15) is 43.8 Å². The monoisotopic (exact) mass is 267 g/mol. The first-order valence-corrected chi connectivity index (χ1v) is 6.61. The second-order valence-electron chi connectivity index (χ2n) is 4.25. The maximum atomic E-state index is 5.46. The number of hydrogen-bond acceptors (Lipinski definition) is 3. The highest BCUT2D eigenvalue weighted by Crippen LogP contribution is 2.14. The Morgan fingerprint density at radius 3 is 2.72 bits per heavy atom. The van der Waals surface area contributed by atoms with E-state index in [0.717, 1.165) is 42.2 Å². The average Bonchev–Trinajstić information content (AvgIpc) is 2.66. The molecule has 100 valence electrons. The minimum Gasteiger partial charge on any atom is -0.466 e. The Hall–Kier alpha value is -1.36. The van der Waals surface area contributed by atoms with Crippen molar-refractivity contribution in [2.45, 2.75) is 40.5 Å². The van der Waals surface area contributed by atoms with Crippen LogP contribution in [0.4, 0.5) is 0 Å². The van der Waals surface area contributed by atoms with Crippen molar-refractivity contribution >= 4 is 23.0 Å². The molecule has 1 heterocycles. The minimum atomic E-state index is 0.556. The number of nitrogens with zero attached hydrogens (tertiary/aromatic N) is 1. The fraction of sp³-hybridized carbons (Fsp3) is 0.538. The van der Waals surface area contributed by atoms with Crippen LogP contribution in [0.5, 0.6) is 0 Å². The Kier molecular flexibility index (Phi) is 5.85. The van der Waals surface area contributed by atoms with E-state index in [1.54, 1.807) is 0 Å². The van der Waals surface area contributed by atoms with Crippen LogP contribution < -0.4 is 10.7 Å². The number of unbranched alkanes of at least 4 members (excludes halogenated alkanes) is 1. The summed E-state index contributed by atoms with van der Waals surface area (Å²) in [6.07, 6.45) is 2.25. The van der Waals surface area contributed by atoms with Crippen LogP contribution in [0.15, 0.2) is 15.6 Å². The van der Waals surface area contributed by atoms with Crippen LogP contribution in [0.3, 0.4) is 0 Å². The largest absolute Gasteiger partial charge is 0.466 e. The van der Waals surface area contributed by atoms with Gasteiger partial charge in [-0.2, -0.15) is 5.10 Å². The highest BCUT2D eigenvalue weighted by Gasteiger charge is 2.07. The lowest BCUT2D eigenvalue weighted by atomic mass is 10.2. The zero-order chi connectivity index (χ0) is 13.5.